The van der Waals surface area contributed by atoms with E-state index >= 15 is 0 Å². The molecule has 1 N–H and O–H groups in total. The highest BCUT2D eigenvalue weighted by atomic mass is 31.1. The van der Waals surface area contributed by atoms with Gasteiger partial charge in [-0.05, 0) is 31.4 Å². The third-order valence-corrected chi connectivity index (χ3v) is 5.09. The van der Waals surface area contributed by atoms with Crippen molar-refractivity contribution in [1.82, 2.24) is 9.55 Å². The molecule has 3 unspecified atom stereocenters. The molecule has 3 atom stereocenters. The van der Waals surface area contributed by atoms with Crippen molar-refractivity contribution in [3.63, 3.8) is 0 Å². The first-order valence-electron chi connectivity index (χ1n) is 8.34. The smallest absolute Gasteiger partial charge is 0.349 e. The van der Waals surface area contributed by atoms with Crippen molar-refractivity contribution in [3.8, 4) is 5.75 Å². The zero-order valence-electron chi connectivity index (χ0n) is 14.3. The van der Waals surface area contributed by atoms with Gasteiger partial charge in [-0.2, -0.15) is 0 Å². The summed E-state index contributed by atoms with van der Waals surface area (Å²) in [5, 5.41) is 0. The zero-order valence-corrected chi connectivity index (χ0v) is 15.2. The lowest BCUT2D eigenvalue weighted by atomic mass is 9.98. The first-order valence-corrected chi connectivity index (χ1v) is 9.43. The Morgan fingerprint density at radius 2 is 2.08 bits per heavy atom. The Morgan fingerprint density at radius 1 is 1.31 bits per heavy atom. The van der Waals surface area contributed by atoms with Crippen LogP contribution in [0.4, 0.5) is 0 Å². The minimum atomic E-state index is -2.34. The second-order valence-corrected chi connectivity index (χ2v) is 6.95. The molecule has 1 aromatic carbocycles. The average molecular weight is 379 g/mol. The maximum absolute atomic E-state index is 12.0. The molecule has 1 aromatic heterocycles. The van der Waals surface area contributed by atoms with E-state index in [1.54, 1.807) is 24.3 Å². The summed E-state index contributed by atoms with van der Waals surface area (Å²) in [7, 11) is -2.34. The van der Waals surface area contributed by atoms with Crippen molar-refractivity contribution in [2.45, 2.75) is 38.0 Å². The van der Waals surface area contributed by atoms with Gasteiger partial charge in [0, 0.05) is 16.8 Å². The molecule has 0 aliphatic carbocycles. The lowest BCUT2D eigenvalue weighted by molar-refractivity contribution is -0.0960. The zero-order chi connectivity index (χ0) is 18.6. The van der Waals surface area contributed by atoms with Crippen LogP contribution in [0, 0.1) is 0 Å². The van der Waals surface area contributed by atoms with E-state index in [0.717, 1.165) is 0 Å². The molecule has 0 spiro atoms. The molecule has 3 rings (SSSR count). The summed E-state index contributed by atoms with van der Waals surface area (Å²) in [5.41, 5.74) is -1.64. The van der Waals surface area contributed by atoms with Crippen LogP contribution in [-0.4, -0.2) is 21.8 Å². The van der Waals surface area contributed by atoms with E-state index in [1.165, 1.54) is 16.8 Å². The average Bonchev–Trinajstić information content (AvgIpc) is 3.06. The second kappa shape index (κ2) is 7.95. The molecule has 1 fully saturated rings. The molecule has 1 aliphatic rings. The third-order valence-electron chi connectivity index (χ3n) is 4.39. The van der Waals surface area contributed by atoms with E-state index in [1.807, 2.05) is 13.0 Å². The Bertz CT molecular complexity index is 881. The Hall–Kier alpha value is -2.28. The lowest BCUT2D eigenvalue weighted by Crippen LogP contribution is -2.36. The molecule has 26 heavy (non-hydrogen) atoms. The van der Waals surface area contributed by atoms with Crippen LogP contribution in [0.5, 0.6) is 5.75 Å². The lowest BCUT2D eigenvalue weighted by Gasteiger charge is -2.25. The van der Waals surface area contributed by atoms with Crippen molar-refractivity contribution >= 4 is 8.25 Å². The number of nitrogens with zero attached hydrogens (tertiary/aromatic N) is 1. The van der Waals surface area contributed by atoms with E-state index in [9.17, 15) is 14.2 Å². The first-order chi connectivity index (χ1) is 12.5. The minimum Gasteiger partial charge on any atom is -0.349 e. The third kappa shape index (κ3) is 4.27. The number of hydrogen-bond donors (Lipinski definition) is 1. The predicted octanol–water partition coefficient (Wildman–Crippen LogP) is 2.75. The van der Waals surface area contributed by atoms with Crippen LogP contribution >= 0.6 is 8.25 Å². The maximum atomic E-state index is 12.0. The van der Waals surface area contributed by atoms with E-state index < -0.39 is 31.3 Å². The fourth-order valence-electron chi connectivity index (χ4n) is 2.88. The van der Waals surface area contributed by atoms with Gasteiger partial charge in [-0.25, -0.2) is 9.32 Å². The molecular weight excluding hydrogens is 359 g/mol. The highest BCUT2D eigenvalue weighted by Gasteiger charge is 2.43. The van der Waals surface area contributed by atoms with Gasteiger partial charge >= 0.3 is 13.9 Å². The van der Waals surface area contributed by atoms with Crippen molar-refractivity contribution in [1.29, 1.82) is 0 Å². The number of aromatic amines is 1. The maximum Gasteiger partial charge on any atom is 0.750 e. The standard InChI is InChI=1S/C17H19N2O6P/c1-2-17(12-23-26(22)25-13-6-4-3-5-7-13)10-8-15(24-17)19-11-9-14(20)18-16(19)21/h3-7,9,11,15H,2,8,10,12H2,1H3/p+1. The largest absolute Gasteiger partial charge is 0.750 e. The number of rotatable bonds is 7. The fraction of sp³-hybridized carbons (Fsp3) is 0.412. The normalized spacial score (nSPS) is 23.0. The van der Waals surface area contributed by atoms with Crippen LogP contribution < -0.4 is 15.8 Å². The van der Waals surface area contributed by atoms with Crippen molar-refractivity contribution < 1.29 is 18.3 Å². The highest BCUT2D eigenvalue weighted by molar-refractivity contribution is 7.33. The van der Waals surface area contributed by atoms with Crippen LogP contribution in [0.1, 0.15) is 32.4 Å². The van der Waals surface area contributed by atoms with Gasteiger partial charge in [0.1, 0.15) is 12.8 Å². The van der Waals surface area contributed by atoms with Gasteiger partial charge in [-0.3, -0.25) is 14.3 Å². The molecule has 8 nitrogen and oxygen atoms in total. The van der Waals surface area contributed by atoms with Gasteiger partial charge < -0.3 is 4.74 Å². The quantitative estimate of drug-likeness (QED) is 0.743. The van der Waals surface area contributed by atoms with Gasteiger partial charge in [-0.15, -0.1) is 4.52 Å². The van der Waals surface area contributed by atoms with Crippen LogP contribution in [0.25, 0.3) is 0 Å². The Balaban J connectivity index is 1.62. The SMILES string of the molecule is CCC1(CO[P+](=O)Oc2ccccc2)CCC(n2ccc(=O)[nH]c2=O)O1. The summed E-state index contributed by atoms with van der Waals surface area (Å²) < 4.78 is 30.0. The number of H-pyrrole nitrogens is 1. The van der Waals surface area contributed by atoms with Crippen LogP contribution in [0.15, 0.2) is 52.2 Å². The molecule has 0 amide bonds. The fourth-order valence-corrected chi connectivity index (χ4v) is 3.56. The topological polar surface area (TPSA) is 99.6 Å². The molecular formula is C17H20N2O6P+. The minimum absolute atomic E-state index is 0.0835. The molecule has 9 heteroatoms. The Morgan fingerprint density at radius 3 is 2.77 bits per heavy atom. The summed E-state index contributed by atoms with van der Waals surface area (Å²) in [6.45, 7) is 2.02. The number of para-hydroxylation sites is 1. The summed E-state index contributed by atoms with van der Waals surface area (Å²) in [5.74, 6) is 0.462. The van der Waals surface area contributed by atoms with Gasteiger partial charge in [0.2, 0.25) is 0 Å². The Labute approximate surface area is 150 Å². The summed E-state index contributed by atoms with van der Waals surface area (Å²) >= 11 is 0. The van der Waals surface area contributed by atoms with E-state index in [2.05, 4.69) is 4.98 Å². The second-order valence-electron chi connectivity index (χ2n) is 6.07. The monoisotopic (exact) mass is 379 g/mol. The van der Waals surface area contributed by atoms with E-state index in [-0.39, 0.29) is 6.61 Å². The predicted molar refractivity (Wildman–Crippen MR) is 94.3 cm³/mol. The molecule has 2 aromatic rings. The first kappa shape index (κ1) is 18.5. The molecule has 1 aliphatic heterocycles. The molecule has 0 saturated carbocycles. The van der Waals surface area contributed by atoms with Gasteiger partial charge in [0.25, 0.3) is 5.56 Å². The van der Waals surface area contributed by atoms with Crippen molar-refractivity contribution in [2.75, 3.05) is 6.61 Å². The summed E-state index contributed by atoms with van der Waals surface area (Å²) in [4.78, 5) is 25.3. The van der Waals surface area contributed by atoms with Gasteiger partial charge in [0.15, 0.2) is 5.75 Å². The van der Waals surface area contributed by atoms with E-state index in [0.29, 0.717) is 25.0 Å². The molecule has 0 radical (unpaired) electrons. The molecule has 138 valence electrons. The van der Waals surface area contributed by atoms with Crippen molar-refractivity contribution in [2.24, 2.45) is 0 Å². The number of ether oxygens (including phenoxy) is 1. The highest BCUT2D eigenvalue weighted by Crippen LogP contribution is 2.40. The number of aromatic nitrogens is 2. The van der Waals surface area contributed by atoms with Gasteiger partial charge in [-0.1, -0.05) is 25.1 Å². The van der Waals surface area contributed by atoms with Crippen LogP contribution in [0.2, 0.25) is 0 Å². The van der Waals surface area contributed by atoms with Crippen LogP contribution in [0.3, 0.4) is 0 Å². The van der Waals surface area contributed by atoms with E-state index in [4.69, 9.17) is 13.8 Å². The Kier molecular flexibility index (Phi) is 5.66. The number of benzene rings is 1. The number of nitrogens with one attached hydrogen (secondary N) is 1. The summed E-state index contributed by atoms with van der Waals surface area (Å²) in [6.07, 6.45) is 2.75. The van der Waals surface area contributed by atoms with Crippen molar-refractivity contribution in [3.05, 3.63) is 63.4 Å². The molecule has 0 bridgehead atoms. The van der Waals surface area contributed by atoms with Crippen LogP contribution in [-0.2, 0) is 13.8 Å². The summed E-state index contributed by atoms with van der Waals surface area (Å²) in [6, 6.07) is 10.0. The van der Waals surface area contributed by atoms with Gasteiger partial charge in [0.05, 0.1) is 5.60 Å². The molecule has 2 heterocycles. The number of hydrogen-bond acceptors (Lipinski definition) is 6. The molecule has 1 saturated heterocycles.